The van der Waals surface area contributed by atoms with Crippen LogP contribution in [-0.4, -0.2) is 54.6 Å². The summed E-state index contributed by atoms with van der Waals surface area (Å²) < 4.78 is 19.8. The number of guanidine groups is 1. The second kappa shape index (κ2) is 12.3. The molecule has 0 amide bonds. The van der Waals surface area contributed by atoms with Crippen molar-refractivity contribution in [1.82, 2.24) is 10.3 Å². The Balaban J connectivity index is 1.31. The molecule has 1 aromatic heterocycles. The molecule has 2 heterocycles. The van der Waals surface area contributed by atoms with Gasteiger partial charge in [0.05, 0.1) is 49.7 Å². The molecule has 6 rings (SSSR count). The van der Waals surface area contributed by atoms with Crippen molar-refractivity contribution in [2.75, 3.05) is 20.3 Å². The minimum absolute atomic E-state index is 0.0693. The van der Waals surface area contributed by atoms with E-state index in [0.717, 1.165) is 49.2 Å². The third-order valence-electron chi connectivity index (χ3n) is 15.1. The third-order valence-corrected chi connectivity index (χ3v) is 16.2. The molecule has 10 heteroatoms. The van der Waals surface area contributed by atoms with E-state index >= 15 is 0 Å². The SMILES string of the molecule is CO[C@@H]1C[C@@]23COC[C@@](C)(C2CC[C@H]2C3=CC[C@@]3(C)[C@H](C(=O)O)[C@@](C)([C@H](C)C(C)C)CC[C@]23C)[C@H]1OCc1csc([C@H](C)NC(=N)N)n1. The van der Waals surface area contributed by atoms with Crippen LogP contribution < -0.4 is 11.1 Å². The summed E-state index contributed by atoms with van der Waals surface area (Å²) in [6.07, 6.45) is 8.04. The summed E-state index contributed by atoms with van der Waals surface area (Å²) in [6, 6.07) is -0.141. The number of aliphatic carboxylic acids is 1. The second-order valence-electron chi connectivity index (χ2n) is 17.5. The van der Waals surface area contributed by atoms with Gasteiger partial charge in [0.1, 0.15) is 5.01 Å². The van der Waals surface area contributed by atoms with Gasteiger partial charge in [0.25, 0.3) is 0 Å². The van der Waals surface area contributed by atoms with Gasteiger partial charge in [0.15, 0.2) is 5.96 Å². The van der Waals surface area contributed by atoms with Gasteiger partial charge < -0.3 is 30.4 Å². The van der Waals surface area contributed by atoms with Gasteiger partial charge in [-0.25, -0.2) is 4.98 Å². The van der Waals surface area contributed by atoms with Gasteiger partial charge >= 0.3 is 5.97 Å². The molecule has 0 radical (unpaired) electrons. The predicted octanol–water partition coefficient (Wildman–Crippen LogP) is 7.18. The molecule has 5 aliphatic rings. The largest absolute Gasteiger partial charge is 0.481 e. The average Bonchev–Trinajstić information content (AvgIpc) is 3.49. The minimum Gasteiger partial charge on any atom is -0.481 e. The molecule has 268 valence electrons. The van der Waals surface area contributed by atoms with Crippen LogP contribution in [0.15, 0.2) is 17.0 Å². The van der Waals surface area contributed by atoms with Gasteiger partial charge in [0, 0.05) is 23.3 Å². The molecule has 4 aliphatic carbocycles. The van der Waals surface area contributed by atoms with Gasteiger partial charge in [-0.05, 0) is 85.4 Å². The Labute approximate surface area is 291 Å². The zero-order valence-electron chi connectivity index (χ0n) is 30.7. The Morgan fingerprint density at radius 1 is 1.17 bits per heavy atom. The van der Waals surface area contributed by atoms with Crippen LogP contribution >= 0.6 is 11.3 Å². The van der Waals surface area contributed by atoms with Crippen LogP contribution in [0.2, 0.25) is 0 Å². The monoisotopic (exact) mass is 684 g/mol. The smallest absolute Gasteiger partial charge is 0.307 e. The van der Waals surface area contributed by atoms with Crippen LogP contribution in [-0.2, 0) is 25.6 Å². The summed E-state index contributed by atoms with van der Waals surface area (Å²) in [5.74, 6) is 0.380. The average molecular weight is 685 g/mol. The highest BCUT2D eigenvalue weighted by Crippen LogP contribution is 2.75. The van der Waals surface area contributed by atoms with Gasteiger partial charge in [-0.3, -0.25) is 10.2 Å². The first kappa shape index (κ1) is 35.8. The summed E-state index contributed by atoms with van der Waals surface area (Å²) in [5, 5.41) is 24.4. The quantitative estimate of drug-likeness (QED) is 0.122. The standard InChI is InChI=1S/C38H60N4O5S/c1-21(2)22(3)34(5)14-15-36(7)25-10-11-28-35(6)19-46-20-38(28,26(25)12-13-37(36,8)29(34)32(43)44)16-27(45-9)30(35)47-17-24-18-48-31(42-24)23(4)41-33(39)40/h12,18,21-23,25,27-30H,10-11,13-17,19-20H2,1-9H3,(H,43,44)(H4,39,40,41)/t22-,23+,25+,27-,28?,29-,30+,34-,35+,36-,37+,38+/m1/s1. The summed E-state index contributed by atoms with van der Waals surface area (Å²) >= 11 is 1.55. The van der Waals surface area contributed by atoms with E-state index in [0.29, 0.717) is 43.5 Å². The Bertz CT molecular complexity index is 1450. The zero-order valence-corrected chi connectivity index (χ0v) is 31.5. The predicted molar refractivity (Wildman–Crippen MR) is 189 cm³/mol. The zero-order chi connectivity index (χ0) is 35.0. The van der Waals surface area contributed by atoms with Crippen LogP contribution in [0.3, 0.4) is 0 Å². The Morgan fingerprint density at radius 2 is 1.90 bits per heavy atom. The third kappa shape index (κ3) is 5.12. The highest BCUT2D eigenvalue weighted by Gasteiger charge is 2.71. The lowest BCUT2D eigenvalue weighted by Crippen LogP contribution is -2.70. The highest BCUT2D eigenvalue weighted by molar-refractivity contribution is 7.09. The molecular formula is C38H60N4O5S. The molecule has 0 aromatic carbocycles. The number of hydrogen-bond donors (Lipinski definition) is 4. The highest BCUT2D eigenvalue weighted by atomic mass is 32.1. The first-order valence-corrected chi connectivity index (χ1v) is 19.1. The topological polar surface area (TPSA) is 140 Å². The summed E-state index contributed by atoms with van der Waals surface area (Å²) in [6.45, 7) is 19.8. The van der Waals surface area contributed by atoms with Gasteiger partial charge in [-0.15, -0.1) is 11.3 Å². The van der Waals surface area contributed by atoms with Crippen molar-refractivity contribution >= 4 is 23.3 Å². The summed E-state index contributed by atoms with van der Waals surface area (Å²) in [4.78, 5) is 18.2. The fourth-order valence-corrected chi connectivity index (χ4v) is 13.0. The molecule has 1 saturated heterocycles. The van der Waals surface area contributed by atoms with Crippen molar-refractivity contribution in [3.63, 3.8) is 0 Å². The number of carbonyl (C=O) groups is 1. The lowest BCUT2D eigenvalue weighted by atomic mass is 9.34. The molecule has 9 nitrogen and oxygen atoms in total. The minimum atomic E-state index is -0.621. The molecule has 1 unspecified atom stereocenters. The number of nitrogens with zero attached hydrogens (tertiary/aromatic N) is 1. The molecule has 48 heavy (non-hydrogen) atoms. The number of carboxylic acids is 1. The van der Waals surface area contributed by atoms with E-state index in [1.807, 2.05) is 19.4 Å². The lowest BCUT2D eigenvalue weighted by Gasteiger charge is -2.71. The van der Waals surface area contributed by atoms with Gasteiger partial charge in [0.2, 0.25) is 0 Å². The van der Waals surface area contributed by atoms with E-state index in [4.69, 9.17) is 30.3 Å². The van der Waals surface area contributed by atoms with E-state index < -0.39 is 11.9 Å². The van der Waals surface area contributed by atoms with E-state index in [1.165, 1.54) is 5.57 Å². The van der Waals surface area contributed by atoms with Crippen molar-refractivity contribution in [3.05, 3.63) is 27.7 Å². The number of fused-ring (bicyclic) bond motifs is 3. The normalized spacial score (nSPS) is 43.3. The van der Waals surface area contributed by atoms with Crippen molar-refractivity contribution in [2.45, 2.75) is 119 Å². The molecule has 3 saturated carbocycles. The van der Waals surface area contributed by atoms with Gasteiger partial charge in [-0.2, -0.15) is 0 Å². The molecular weight excluding hydrogens is 625 g/mol. The molecule has 2 bridgehead atoms. The van der Waals surface area contributed by atoms with Crippen molar-refractivity contribution in [1.29, 1.82) is 5.41 Å². The number of hydrogen-bond acceptors (Lipinski definition) is 7. The number of nitrogens with two attached hydrogens (primary N) is 1. The first-order valence-electron chi connectivity index (χ1n) is 18.2. The van der Waals surface area contributed by atoms with Crippen molar-refractivity contribution < 1.29 is 24.1 Å². The van der Waals surface area contributed by atoms with Crippen LogP contribution in [0.1, 0.15) is 111 Å². The van der Waals surface area contributed by atoms with Crippen LogP contribution in [0, 0.1) is 62.1 Å². The molecule has 12 atom stereocenters. The maximum atomic E-state index is 13.4. The van der Waals surface area contributed by atoms with E-state index in [1.54, 1.807) is 11.3 Å². The number of thiazole rings is 1. The van der Waals surface area contributed by atoms with Crippen molar-refractivity contribution in [2.24, 2.45) is 62.4 Å². The number of allylic oxidation sites excluding steroid dienone is 1. The summed E-state index contributed by atoms with van der Waals surface area (Å²) in [5.41, 5.74) is 6.84. The van der Waals surface area contributed by atoms with E-state index in [2.05, 4.69) is 59.9 Å². The maximum absolute atomic E-state index is 13.4. The molecule has 1 aromatic rings. The number of ether oxygens (including phenoxy) is 3. The van der Waals surface area contributed by atoms with E-state index in [-0.39, 0.29) is 51.3 Å². The van der Waals surface area contributed by atoms with Gasteiger partial charge in [-0.1, -0.05) is 60.1 Å². The second-order valence-corrected chi connectivity index (χ2v) is 18.4. The Morgan fingerprint density at radius 3 is 2.54 bits per heavy atom. The Hall–Kier alpha value is -2.01. The number of nitrogens with one attached hydrogen (secondary N) is 2. The molecule has 4 fully saturated rings. The van der Waals surface area contributed by atoms with Crippen LogP contribution in [0.5, 0.6) is 0 Å². The number of aromatic nitrogens is 1. The fourth-order valence-electron chi connectivity index (χ4n) is 12.1. The molecule has 1 aliphatic heterocycles. The number of rotatable bonds is 9. The van der Waals surface area contributed by atoms with E-state index in [9.17, 15) is 9.90 Å². The number of methoxy groups -OCH3 is 1. The lowest BCUT2D eigenvalue weighted by molar-refractivity contribution is -0.269. The first-order chi connectivity index (χ1) is 22.5. The van der Waals surface area contributed by atoms with Crippen LogP contribution in [0.4, 0.5) is 0 Å². The summed E-state index contributed by atoms with van der Waals surface area (Å²) in [7, 11) is 1.82. The Kier molecular flexibility index (Phi) is 9.21. The molecule has 0 spiro atoms. The fraction of sp³-hybridized carbons (Fsp3) is 0.816. The van der Waals surface area contributed by atoms with Crippen molar-refractivity contribution in [3.8, 4) is 0 Å². The van der Waals surface area contributed by atoms with Crippen LogP contribution in [0.25, 0.3) is 0 Å². The maximum Gasteiger partial charge on any atom is 0.307 e. The number of carboxylic acid groups (broad SMARTS) is 1. The molecule has 5 N–H and O–H groups in total.